The molecule has 3 rings (SSSR count). The standard InChI is InChI=1S/C21H16ClN3O3S/c22-16-7-1-4-13(10-16)18-9-3-6-15(19(18)26)12-23-25-21(29)24-17-8-2-5-14(11-17)20(27)28/h1-12,26H,(H,27,28)(H2,24,25,29)/b23-12-. The number of thiocarbonyl (C=S) groups is 1. The van der Waals surface area contributed by atoms with Gasteiger partial charge in [-0.1, -0.05) is 41.9 Å². The van der Waals surface area contributed by atoms with E-state index in [1.54, 1.807) is 42.5 Å². The molecule has 0 radical (unpaired) electrons. The molecule has 3 aromatic carbocycles. The number of carboxylic acids is 1. The summed E-state index contributed by atoms with van der Waals surface area (Å²) in [6.07, 6.45) is 1.44. The van der Waals surface area contributed by atoms with Crippen LogP contribution in [0.1, 0.15) is 15.9 Å². The third-order valence-electron chi connectivity index (χ3n) is 3.94. The molecule has 0 bridgehead atoms. The number of rotatable bonds is 5. The predicted octanol–water partition coefficient (Wildman–Crippen LogP) is 4.73. The number of carboxylic acid groups (broad SMARTS) is 1. The lowest BCUT2D eigenvalue weighted by Gasteiger charge is -2.09. The van der Waals surface area contributed by atoms with Crippen LogP contribution in [0.15, 0.2) is 71.8 Å². The average Bonchev–Trinajstić information content (AvgIpc) is 2.69. The fraction of sp³-hybridized carbons (Fsp3) is 0. The third kappa shape index (κ3) is 5.31. The molecule has 4 N–H and O–H groups in total. The maximum atomic E-state index is 11.0. The summed E-state index contributed by atoms with van der Waals surface area (Å²) in [5, 5.41) is 27.2. The van der Waals surface area contributed by atoms with Crippen molar-refractivity contribution in [3.8, 4) is 16.9 Å². The fourth-order valence-corrected chi connectivity index (χ4v) is 2.96. The number of hydrogen-bond donors (Lipinski definition) is 4. The van der Waals surface area contributed by atoms with E-state index in [2.05, 4.69) is 15.8 Å². The molecule has 0 unspecified atom stereocenters. The summed E-state index contributed by atoms with van der Waals surface area (Å²) in [7, 11) is 0. The second-order valence-corrected chi connectivity index (χ2v) is 6.81. The Labute approximate surface area is 177 Å². The first-order valence-electron chi connectivity index (χ1n) is 8.45. The molecular formula is C21H16ClN3O3S. The number of nitrogens with zero attached hydrogens (tertiary/aromatic N) is 1. The van der Waals surface area contributed by atoms with Gasteiger partial charge < -0.3 is 15.5 Å². The van der Waals surface area contributed by atoms with E-state index in [-0.39, 0.29) is 16.4 Å². The molecule has 0 saturated heterocycles. The fourth-order valence-electron chi connectivity index (χ4n) is 2.60. The lowest BCUT2D eigenvalue weighted by Crippen LogP contribution is -2.24. The summed E-state index contributed by atoms with van der Waals surface area (Å²) >= 11 is 11.2. The van der Waals surface area contributed by atoms with Crippen molar-refractivity contribution in [2.45, 2.75) is 0 Å². The Balaban J connectivity index is 1.69. The number of halogens is 1. The first-order chi connectivity index (χ1) is 13.9. The average molecular weight is 426 g/mol. The highest BCUT2D eigenvalue weighted by Crippen LogP contribution is 2.32. The number of phenolic OH excluding ortho intramolecular Hbond substituents is 1. The number of hydrazone groups is 1. The van der Waals surface area contributed by atoms with Crippen molar-refractivity contribution in [1.29, 1.82) is 0 Å². The van der Waals surface area contributed by atoms with Gasteiger partial charge in [0.05, 0.1) is 11.8 Å². The molecule has 0 spiro atoms. The highest BCUT2D eigenvalue weighted by Gasteiger charge is 2.08. The molecular weight excluding hydrogens is 410 g/mol. The molecule has 0 aromatic heterocycles. The Morgan fingerprint density at radius 3 is 2.59 bits per heavy atom. The maximum absolute atomic E-state index is 11.0. The predicted molar refractivity (Wildman–Crippen MR) is 119 cm³/mol. The number of hydrogen-bond acceptors (Lipinski definition) is 4. The maximum Gasteiger partial charge on any atom is 0.335 e. The molecule has 0 amide bonds. The van der Waals surface area contributed by atoms with Crippen LogP contribution in [0.3, 0.4) is 0 Å². The van der Waals surface area contributed by atoms with Gasteiger partial charge in [-0.05, 0) is 54.2 Å². The first kappa shape index (κ1) is 20.3. The van der Waals surface area contributed by atoms with Gasteiger partial charge >= 0.3 is 5.97 Å². The highest BCUT2D eigenvalue weighted by atomic mass is 35.5. The minimum Gasteiger partial charge on any atom is -0.507 e. The smallest absolute Gasteiger partial charge is 0.335 e. The van der Waals surface area contributed by atoms with Gasteiger partial charge in [-0.15, -0.1) is 0 Å². The number of carbonyl (C=O) groups is 1. The molecule has 146 valence electrons. The molecule has 0 atom stereocenters. The topological polar surface area (TPSA) is 94.0 Å². The Morgan fingerprint density at radius 2 is 1.83 bits per heavy atom. The monoisotopic (exact) mass is 425 g/mol. The summed E-state index contributed by atoms with van der Waals surface area (Å²) < 4.78 is 0. The number of anilines is 1. The minimum absolute atomic E-state index is 0.0633. The van der Waals surface area contributed by atoms with Gasteiger partial charge in [0.1, 0.15) is 5.75 Å². The lowest BCUT2D eigenvalue weighted by molar-refractivity contribution is 0.0697. The molecule has 0 aliphatic heterocycles. The van der Waals surface area contributed by atoms with Crippen LogP contribution in [-0.2, 0) is 0 Å². The van der Waals surface area contributed by atoms with E-state index in [4.69, 9.17) is 28.9 Å². The minimum atomic E-state index is -1.03. The van der Waals surface area contributed by atoms with Crippen molar-refractivity contribution < 1.29 is 15.0 Å². The van der Waals surface area contributed by atoms with Crippen LogP contribution in [0.4, 0.5) is 5.69 Å². The first-order valence-corrected chi connectivity index (χ1v) is 9.24. The van der Waals surface area contributed by atoms with E-state index in [9.17, 15) is 9.90 Å². The normalized spacial score (nSPS) is 10.7. The second-order valence-electron chi connectivity index (χ2n) is 5.96. The van der Waals surface area contributed by atoms with E-state index < -0.39 is 5.97 Å². The van der Waals surface area contributed by atoms with Crippen LogP contribution in [0, 0.1) is 0 Å². The molecule has 0 aliphatic carbocycles. The van der Waals surface area contributed by atoms with E-state index in [0.717, 1.165) is 5.56 Å². The lowest BCUT2D eigenvalue weighted by atomic mass is 10.0. The van der Waals surface area contributed by atoms with Gasteiger partial charge in [-0.2, -0.15) is 5.10 Å². The zero-order valence-electron chi connectivity index (χ0n) is 15.0. The number of phenols is 1. The molecule has 0 fully saturated rings. The molecule has 0 heterocycles. The Morgan fingerprint density at radius 1 is 1.07 bits per heavy atom. The molecule has 3 aromatic rings. The van der Waals surface area contributed by atoms with Crippen molar-refractivity contribution in [3.63, 3.8) is 0 Å². The van der Waals surface area contributed by atoms with Crippen LogP contribution in [-0.4, -0.2) is 27.5 Å². The number of aromatic carboxylic acids is 1. The van der Waals surface area contributed by atoms with Crippen molar-refractivity contribution in [1.82, 2.24) is 5.43 Å². The van der Waals surface area contributed by atoms with Gasteiger partial charge in [-0.25, -0.2) is 4.79 Å². The summed E-state index contributed by atoms with van der Waals surface area (Å²) in [6.45, 7) is 0. The number of aromatic hydroxyl groups is 1. The van der Waals surface area contributed by atoms with E-state index >= 15 is 0 Å². The number of benzene rings is 3. The van der Waals surface area contributed by atoms with Gasteiger partial charge in [0.15, 0.2) is 5.11 Å². The summed E-state index contributed by atoms with van der Waals surface area (Å²) in [5.41, 5.74) is 5.20. The van der Waals surface area contributed by atoms with Crippen LogP contribution >= 0.6 is 23.8 Å². The third-order valence-corrected chi connectivity index (χ3v) is 4.37. The number of nitrogens with one attached hydrogen (secondary N) is 2. The van der Waals surface area contributed by atoms with Crippen molar-refractivity contribution in [3.05, 3.63) is 82.9 Å². The van der Waals surface area contributed by atoms with E-state index in [0.29, 0.717) is 21.8 Å². The molecule has 29 heavy (non-hydrogen) atoms. The van der Waals surface area contributed by atoms with Crippen LogP contribution in [0.25, 0.3) is 11.1 Å². The quantitative estimate of drug-likeness (QED) is 0.268. The highest BCUT2D eigenvalue weighted by molar-refractivity contribution is 7.80. The van der Waals surface area contributed by atoms with Gasteiger partial charge in [0.2, 0.25) is 0 Å². The Hall–Kier alpha value is -3.42. The summed E-state index contributed by atoms with van der Waals surface area (Å²) in [5.74, 6) is -0.964. The van der Waals surface area contributed by atoms with E-state index in [1.807, 2.05) is 12.1 Å². The second kappa shape index (κ2) is 9.18. The summed E-state index contributed by atoms with van der Waals surface area (Å²) in [4.78, 5) is 11.0. The van der Waals surface area contributed by atoms with Crippen LogP contribution in [0.5, 0.6) is 5.75 Å². The SMILES string of the molecule is O=C(O)c1cccc(NC(=S)N/N=C\c2cccc(-c3cccc(Cl)c3)c2O)c1. The molecule has 6 nitrogen and oxygen atoms in total. The zero-order valence-corrected chi connectivity index (χ0v) is 16.5. The van der Waals surface area contributed by atoms with Crippen molar-refractivity contribution in [2.75, 3.05) is 5.32 Å². The van der Waals surface area contributed by atoms with Crippen molar-refractivity contribution in [2.24, 2.45) is 5.10 Å². The molecule has 0 saturated carbocycles. The molecule has 0 aliphatic rings. The van der Waals surface area contributed by atoms with E-state index in [1.165, 1.54) is 18.3 Å². The summed E-state index contributed by atoms with van der Waals surface area (Å²) in [6, 6.07) is 18.7. The van der Waals surface area contributed by atoms with Gasteiger partial charge in [0, 0.05) is 21.8 Å². The number of para-hydroxylation sites is 1. The van der Waals surface area contributed by atoms with Gasteiger partial charge in [0.25, 0.3) is 0 Å². The zero-order chi connectivity index (χ0) is 20.8. The molecule has 8 heteroatoms. The largest absolute Gasteiger partial charge is 0.507 e. The Bertz CT molecular complexity index is 1100. The van der Waals surface area contributed by atoms with Crippen molar-refractivity contribution >= 4 is 46.8 Å². The Kier molecular flexibility index (Phi) is 6.43. The van der Waals surface area contributed by atoms with Crippen LogP contribution in [0.2, 0.25) is 5.02 Å². The van der Waals surface area contributed by atoms with Gasteiger partial charge in [-0.3, -0.25) is 5.43 Å². The van der Waals surface area contributed by atoms with Crippen LogP contribution < -0.4 is 10.7 Å².